The van der Waals surface area contributed by atoms with Gasteiger partial charge >= 0.3 is 0 Å². The third kappa shape index (κ3) is 6.08. The number of hydrogen-bond acceptors (Lipinski definition) is 5. The molecule has 0 aliphatic rings. The molecular weight excluding hydrogens is 324 g/mol. The number of amides is 2. The second-order valence-electron chi connectivity index (χ2n) is 6.06. The highest BCUT2D eigenvalue weighted by molar-refractivity contribution is 7.15. The monoisotopic (exact) mass is 346 g/mol. The number of hydrogen-bond donors (Lipinski definition) is 2. The van der Waals surface area contributed by atoms with Crippen LogP contribution in [0.4, 0.5) is 10.8 Å². The summed E-state index contributed by atoms with van der Waals surface area (Å²) < 4.78 is 0. The lowest BCUT2D eigenvalue weighted by Crippen LogP contribution is -2.17. The maximum absolute atomic E-state index is 11.9. The van der Waals surface area contributed by atoms with Crippen LogP contribution in [0.25, 0.3) is 0 Å². The number of carbonyl (C=O) groups excluding carboxylic acids is 2. The minimum absolute atomic E-state index is 0.108. The number of nitrogens with one attached hydrogen (secondary N) is 2. The molecule has 0 bridgehead atoms. The van der Waals surface area contributed by atoms with E-state index in [2.05, 4.69) is 34.7 Å². The molecule has 1 aromatic heterocycles. The molecule has 0 spiro atoms. The number of aromatic nitrogens is 2. The van der Waals surface area contributed by atoms with E-state index >= 15 is 0 Å². The van der Waals surface area contributed by atoms with Gasteiger partial charge < -0.3 is 10.6 Å². The van der Waals surface area contributed by atoms with Crippen molar-refractivity contribution >= 4 is 34.0 Å². The normalized spacial score (nSPS) is 10.7. The zero-order valence-corrected chi connectivity index (χ0v) is 14.9. The zero-order valence-electron chi connectivity index (χ0n) is 14.1. The van der Waals surface area contributed by atoms with Crippen LogP contribution in [0.2, 0.25) is 0 Å². The standard InChI is InChI=1S/C17H22N4O2S/c1-11(2)10-16-20-21-17(24-16)19-15(23)9-8-14(22)18-13-6-4-12(3)5-7-13/h4-7,11H,8-10H2,1-3H3,(H,18,22)(H,19,21,23). The Kier molecular flexibility index (Phi) is 6.43. The molecule has 6 nitrogen and oxygen atoms in total. The van der Waals surface area contributed by atoms with E-state index in [0.29, 0.717) is 11.0 Å². The average Bonchev–Trinajstić information content (AvgIpc) is 2.94. The smallest absolute Gasteiger partial charge is 0.226 e. The first-order chi connectivity index (χ1) is 11.4. The van der Waals surface area contributed by atoms with Crippen molar-refractivity contribution in [3.63, 3.8) is 0 Å². The van der Waals surface area contributed by atoms with E-state index in [-0.39, 0.29) is 24.7 Å². The Balaban J connectivity index is 1.75. The summed E-state index contributed by atoms with van der Waals surface area (Å²) in [4.78, 5) is 23.8. The van der Waals surface area contributed by atoms with Crippen LogP contribution in [-0.2, 0) is 16.0 Å². The molecule has 1 aromatic carbocycles. The van der Waals surface area contributed by atoms with Crippen LogP contribution in [-0.4, -0.2) is 22.0 Å². The molecule has 2 rings (SSSR count). The summed E-state index contributed by atoms with van der Waals surface area (Å²) in [5.74, 6) is 0.0695. The van der Waals surface area contributed by atoms with Gasteiger partial charge in [0.25, 0.3) is 0 Å². The number of benzene rings is 1. The molecule has 128 valence electrons. The van der Waals surface area contributed by atoms with Gasteiger partial charge in [-0.3, -0.25) is 9.59 Å². The highest BCUT2D eigenvalue weighted by Gasteiger charge is 2.11. The fraction of sp³-hybridized carbons (Fsp3) is 0.412. The van der Waals surface area contributed by atoms with E-state index in [0.717, 1.165) is 22.7 Å². The van der Waals surface area contributed by atoms with Crippen LogP contribution in [0.3, 0.4) is 0 Å². The molecule has 0 aliphatic heterocycles. The first kappa shape index (κ1) is 18.1. The van der Waals surface area contributed by atoms with Gasteiger partial charge in [0.1, 0.15) is 5.01 Å². The van der Waals surface area contributed by atoms with Crippen LogP contribution in [0, 0.1) is 12.8 Å². The summed E-state index contributed by atoms with van der Waals surface area (Å²) in [5, 5.41) is 14.8. The molecule has 7 heteroatoms. The van der Waals surface area contributed by atoms with E-state index < -0.39 is 0 Å². The van der Waals surface area contributed by atoms with Gasteiger partial charge in [0.15, 0.2) is 0 Å². The summed E-state index contributed by atoms with van der Waals surface area (Å²) in [6.07, 6.45) is 1.07. The molecule has 0 atom stereocenters. The third-order valence-electron chi connectivity index (χ3n) is 3.21. The molecule has 0 unspecified atom stereocenters. The van der Waals surface area contributed by atoms with Gasteiger partial charge in [-0.05, 0) is 25.0 Å². The minimum Gasteiger partial charge on any atom is -0.326 e. The number of nitrogens with zero attached hydrogens (tertiary/aromatic N) is 2. The number of aryl methyl sites for hydroxylation is 1. The molecule has 0 saturated carbocycles. The predicted molar refractivity (Wildman–Crippen MR) is 96.1 cm³/mol. The van der Waals surface area contributed by atoms with Crippen molar-refractivity contribution in [2.75, 3.05) is 10.6 Å². The van der Waals surface area contributed by atoms with E-state index in [1.54, 1.807) is 0 Å². The molecule has 1 heterocycles. The Labute approximate surface area is 145 Å². The Bertz CT molecular complexity index is 695. The van der Waals surface area contributed by atoms with E-state index in [1.165, 1.54) is 11.3 Å². The van der Waals surface area contributed by atoms with E-state index in [4.69, 9.17) is 0 Å². The number of anilines is 2. The lowest BCUT2D eigenvalue weighted by atomic mass is 10.1. The average molecular weight is 346 g/mol. The van der Waals surface area contributed by atoms with Gasteiger partial charge in [-0.2, -0.15) is 0 Å². The van der Waals surface area contributed by atoms with Gasteiger partial charge in [-0.25, -0.2) is 0 Å². The molecule has 2 aromatic rings. The Morgan fingerprint density at radius 1 is 1.04 bits per heavy atom. The van der Waals surface area contributed by atoms with Crippen LogP contribution in [0.1, 0.15) is 37.3 Å². The van der Waals surface area contributed by atoms with Crippen molar-refractivity contribution in [1.82, 2.24) is 10.2 Å². The van der Waals surface area contributed by atoms with Crippen LogP contribution >= 0.6 is 11.3 Å². The fourth-order valence-corrected chi connectivity index (χ4v) is 2.97. The molecule has 2 N–H and O–H groups in total. The van der Waals surface area contributed by atoms with Crippen molar-refractivity contribution in [2.24, 2.45) is 5.92 Å². The predicted octanol–water partition coefficient (Wildman–Crippen LogP) is 3.40. The molecule has 24 heavy (non-hydrogen) atoms. The molecule has 2 amide bonds. The fourth-order valence-electron chi connectivity index (χ4n) is 2.01. The van der Waals surface area contributed by atoms with Crippen molar-refractivity contribution < 1.29 is 9.59 Å². The highest BCUT2D eigenvalue weighted by atomic mass is 32.1. The lowest BCUT2D eigenvalue weighted by Gasteiger charge is -2.05. The highest BCUT2D eigenvalue weighted by Crippen LogP contribution is 2.18. The van der Waals surface area contributed by atoms with Gasteiger partial charge in [0.05, 0.1) is 0 Å². The number of carbonyl (C=O) groups is 2. The Hall–Kier alpha value is -2.28. The molecule has 0 aliphatic carbocycles. The summed E-state index contributed by atoms with van der Waals surface area (Å²) >= 11 is 1.37. The van der Waals surface area contributed by atoms with E-state index in [1.807, 2.05) is 31.2 Å². The maximum atomic E-state index is 11.9. The van der Waals surface area contributed by atoms with Crippen molar-refractivity contribution in [1.29, 1.82) is 0 Å². The van der Waals surface area contributed by atoms with Crippen LogP contribution in [0.5, 0.6) is 0 Å². The van der Waals surface area contributed by atoms with Crippen molar-refractivity contribution in [3.8, 4) is 0 Å². The summed E-state index contributed by atoms with van der Waals surface area (Å²) in [7, 11) is 0. The quantitative estimate of drug-likeness (QED) is 0.805. The molecule has 0 saturated heterocycles. The zero-order chi connectivity index (χ0) is 17.5. The first-order valence-electron chi connectivity index (χ1n) is 7.91. The third-order valence-corrected chi connectivity index (χ3v) is 4.07. The van der Waals surface area contributed by atoms with Gasteiger partial charge in [0.2, 0.25) is 16.9 Å². The Morgan fingerprint density at radius 2 is 1.67 bits per heavy atom. The van der Waals surface area contributed by atoms with Gasteiger partial charge in [-0.15, -0.1) is 10.2 Å². The Morgan fingerprint density at radius 3 is 2.29 bits per heavy atom. The largest absolute Gasteiger partial charge is 0.326 e. The summed E-state index contributed by atoms with van der Waals surface area (Å²) in [6.45, 7) is 6.19. The molecule has 0 radical (unpaired) electrons. The molecular formula is C17H22N4O2S. The number of rotatable bonds is 7. The lowest BCUT2D eigenvalue weighted by molar-refractivity contribution is -0.121. The first-order valence-corrected chi connectivity index (χ1v) is 8.73. The van der Waals surface area contributed by atoms with Crippen LogP contribution < -0.4 is 10.6 Å². The SMILES string of the molecule is Cc1ccc(NC(=O)CCC(=O)Nc2nnc(CC(C)C)s2)cc1. The van der Waals surface area contributed by atoms with Gasteiger partial charge in [0, 0.05) is 24.9 Å². The topological polar surface area (TPSA) is 84.0 Å². The maximum Gasteiger partial charge on any atom is 0.226 e. The van der Waals surface area contributed by atoms with Crippen molar-refractivity contribution in [2.45, 2.75) is 40.0 Å². The molecule has 0 fully saturated rings. The van der Waals surface area contributed by atoms with Gasteiger partial charge in [-0.1, -0.05) is 42.9 Å². The minimum atomic E-state index is -0.235. The second kappa shape index (κ2) is 8.54. The van der Waals surface area contributed by atoms with Crippen molar-refractivity contribution in [3.05, 3.63) is 34.8 Å². The van der Waals surface area contributed by atoms with E-state index in [9.17, 15) is 9.59 Å². The van der Waals surface area contributed by atoms with Crippen LogP contribution in [0.15, 0.2) is 24.3 Å². The summed E-state index contributed by atoms with van der Waals surface area (Å²) in [5.41, 5.74) is 1.86. The summed E-state index contributed by atoms with van der Waals surface area (Å²) in [6, 6.07) is 7.52. The second-order valence-corrected chi connectivity index (χ2v) is 7.12.